The fourth-order valence-electron chi connectivity index (χ4n) is 2.64. The van der Waals surface area contributed by atoms with Crippen LogP contribution in [-0.2, 0) is 17.8 Å². The molecule has 29 heavy (non-hydrogen) atoms. The molecular formula is C20H23ClN4O3S. The molecule has 0 atom stereocenters. The largest absolute Gasteiger partial charge is 0.467 e. The predicted octanol–water partition coefficient (Wildman–Crippen LogP) is 3.60. The standard InChI is InChI=1S/C20H22N4O3S.ClH/c1-13(25)22-8-2-3-14-4-6-15(7-5-14)18-12-28-20(23-18)24-19(26)16-9-17(10-21)27-11-16;/h4-7,9,11-12H,2-3,8,10,21H2,1H3,(H,22,25)(H,23,24,26);1H. The van der Waals surface area contributed by atoms with Gasteiger partial charge in [-0.1, -0.05) is 24.3 Å². The molecule has 0 aliphatic rings. The van der Waals surface area contributed by atoms with E-state index in [4.69, 9.17) is 10.2 Å². The Morgan fingerprint density at radius 1 is 1.24 bits per heavy atom. The summed E-state index contributed by atoms with van der Waals surface area (Å²) in [5.74, 6) is 0.273. The van der Waals surface area contributed by atoms with Gasteiger partial charge in [0.2, 0.25) is 5.91 Å². The smallest absolute Gasteiger partial charge is 0.260 e. The minimum Gasteiger partial charge on any atom is -0.467 e. The second-order valence-electron chi connectivity index (χ2n) is 6.28. The van der Waals surface area contributed by atoms with Gasteiger partial charge < -0.3 is 15.5 Å². The summed E-state index contributed by atoms with van der Waals surface area (Å²) in [6.07, 6.45) is 3.18. The van der Waals surface area contributed by atoms with Crippen LogP contribution in [0.4, 0.5) is 5.13 Å². The number of amides is 2. The van der Waals surface area contributed by atoms with E-state index < -0.39 is 0 Å². The Kier molecular flexibility index (Phi) is 8.38. The third-order valence-electron chi connectivity index (χ3n) is 4.11. The lowest BCUT2D eigenvalue weighted by Gasteiger charge is -2.04. The summed E-state index contributed by atoms with van der Waals surface area (Å²) in [6.45, 7) is 2.44. The van der Waals surface area contributed by atoms with Gasteiger partial charge in [0.15, 0.2) is 5.13 Å². The number of hydrogen-bond acceptors (Lipinski definition) is 6. The number of nitrogens with one attached hydrogen (secondary N) is 2. The summed E-state index contributed by atoms with van der Waals surface area (Å²) in [5, 5.41) is 8.00. The summed E-state index contributed by atoms with van der Waals surface area (Å²) >= 11 is 1.37. The summed E-state index contributed by atoms with van der Waals surface area (Å²) in [4.78, 5) is 27.6. The maximum Gasteiger partial charge on any atom is 0.260 e. The number of carbonyl (C=O) groups excluding carboxylic acids is 2. The number of furan rings is 1. The summed E-state index contributed by atoms with van der Waals surface area (Å²) < 4.78 is 5.18. The SMILES string of the molecule is CC(=O)NCCCc1ccc(-c2csc(NC(=O)c3coc(CN)c3)n2)cc1.Cl. The van der Waals surface area contributed by atoms with Crippen LogP contribution < -0.4 is 16.4 Å². The fraction of sp³-hybridized carbons (Fsp3) is 0.250. The Morgan fingerprint density at radius 3 is 2.66 bits per heavy atom. The molecule has 0 radical (unpaired) electrons. The molecule has 7 nitrogen and oxygen atoms in total. The zero-order valence-corrected chi connectivity index (χ0v) is 17.6. The molecule has 3 aromatic rings. The molecule has 2 heterocycles. The number of nitrogens with zero attached hydrogens (tertiary/aromatic N) is 1. The van der Waals surface area contributed by atoms with Crippen LogP contribution in [0, 0.1) is 0 Å². The highest BCUT2D eigenvalue weighted by Gasteiger charge is 2.12. The van der Waals surface area contributed by atoms with Crippen LogP contribution in [0.5, 0.6) is 0 Å². The number of aryl methyl sites for hydroxylation is 1. The van der Waals surface area contributed by atoms with Crippen molar-refractivity contribution in [3.63, 3.8) is 0 Å². The van der Waals surface area contributed by atoms with E-state index in [1.807, 2.05) is 17.5 Å². The van der Waals surface area contributed by atoms with Crippen LogP contribution >= 0.6 is 23.7 Å². The average molecular weight is 435 g/mol. The van der Waals surface area contributed by atoms with Gasteiger partial charge >= 0.3 is 0 Å². The van der Waals surface area contributed by atoms with E-state index in [1.54, 1.807) is 6.07 Å². The van der Waals surface area contributed by atoms with Crippen molar-refractivity contribution in [2.75, 3.05) is 11.9 Å². The van der Waals surface area contributed by atoms with Crippen molar-refractivity contribution < 1.29 is 14.0 Å². The van der Waals surface area contributed by atoms with Gasteiger partial charge in [-0.05, 0) is 24.5 Å². The highest BCUT2D eigenvalue weighted by atomic mass is 35.5. The van der Waals surface area contributed by atoms with Gasteiger partial charge in [-0.15, -0.1) is 23.7 Å². The van der Waals surface area contributed by atoms with Crippen LogP contribution in [-0.4, -0.2) is 23.3 Å². The Balaban J connectivity index is 0.00000300. The van der Waals surface area contributed by atoms with Gasteiger partial charge in [0.05, 0.1) is 17.8 Å². The average Bonchev–Trinajstić information content (AvgIpc) is 3.35. The van der Waals surface area contributed by atoms with Crippen molar-refractivity contribution in [3.05, 3.63) is 58.9 Å². The van der Waals surface area contributed by atoms with E-state index in [0.29, 0.717) is 23.0 Å². The van der Waals surface area contributed by atoms with Crippen LogP contribution in [0.25, 0.3) is 11.3 Å². The molecule has 0 aliphatic heterocycles. The lowest BCUT2D eigenvalue weighted by atomic mass is 10.1. The first kappa shape index (κ1) is 22.6. The molecule has 2 aromatic heterocycles. The second kappa shape index (κ2) is 10.8. The number of thiazole rings is 1. The Hall–Kier alpha value is -2.68. The molecule has 9 heteroatoms. The molecule has 0 fully saturated rings. The Morgan fingerprint density at radius 2 is 2.00 bits per heavy atom. The Labute approximate surface area is 179 Å². The molecule has 0 saturated carbocycles. The Bertz CT molecular complexity index is 953. The minimum absolute atomic E-state index is 0. The number of anilines is 1. The molecule has 0 bridgehead atoms. The van der Waals surface area contributed by atoms with Gasteiger partial charge in [0.25, 0.3) is 5.91 Å². The molecule has 2 amide bonds. The quantitative estimate of drug-likeness (QED) is 0.469. The number of aromatic nitrogens is 1. The van der Waals surface area contributed by atoms with Gasteiger partial charge in [-0.3, -0.25) is 14.9 Å². The van der Waals surface area contributed by atoms with E-state index in [0.717, 1.165) is 24.1 Å². The lowest BCUT2D eigenvalue weighted by molar-refractivity contribution is -0.118. The molecule has 0 saturated heterocycles. The maximum atomic E-state index is 12.2. The van der Waals surface area contributed by atoms with E-state index in [-0.39, 0.29) is 30.8 Å². The molecular weight excluding hydrogens is 412 g/mol. The molecule has 0 aliphatic carbocycles. The first-order valence-corrected chi connectivity index (χ1v) is 9.81. The number of nitrogens with two attached hydrogens (primary N) is 1. The number of rotatable bonds is 8. The highest BCUT2D eigenvalue weighted by molar-refractivity contribution is 7.14. The van der Waals surface area contributed by atoms with Crippen molar-refractivity contribution in [1.82, 2.24) is 10.3 Å². The minimum atomic E-state index is -0.279. The third-order valence-corrected chi connectivity index (χ3v) is 4.87. The van der Waals surface area contributed by atoms with Crippen LogP contribution in [0.2, 0.25) is 0 Å². The van der Waals surface area contributed by atoms with Gasteiger partial charge in [-0.25, -0.2) is 4.98 Å². The van der Waals surface area contributed by atoms with Crippen molar-refractivity contribution >= 4 is 40.7 Å². The monoisotopic (exact) mass is 434 g/mol. The summed E-state index contributed by atoms with van der Waals surface area (Å²) in [5.41, 5.74) is 8.90. The second-order valence-corrected chi connectivity index (χ2v) is 7.14. The molecule has 154 valence electrons. The van der Waals surface area contributed by atoms with E-state index in [1.165, 1.54) is 30.1 Å². The lowest BCUT2D eigenvalue weighted by Crippen LogP contribution is -2.21. The molecule has 4 N–H and O–H groups in total. The predicted molar refractivity (Wildman–Crippen MR) is 116 cm³/mol. The molecule has 0 unspecified atom stereocenters. The van der Waals surface area contributed by atoms with E-state index in [9.17, 15) is 9.59 Å². The van der Waals surface area contributed by atoms with Gasteiger partial charge in [0, 0.05) is 24.4 Å². The first-order valence-electron chi connectivity index (χ1n) is 8.93. The first-order chi connectivity index (χ1) is 13.5. The molecule has 3 rings (SSSR count). The van der Waals surface area contributed by atoms with E-state index >= 15 is 0 Å². The summed E-state index contributed by atoms with van der Waals surface area (Å²) in [6, 6.07) is 9.76. The third kappa shape index (κ3) is 6.42. The van der Waals surface area contributed by atoms with Crippen LogP contribution in [0.1, 0.15) is 35.0 Å². The maximum absolute atomic E-state index is 12.2. The number of halogens is 1. The molecule has 0 spiro atoms. The number of hydrogen-bond donors (Lipinski definition) is 3. The highest BCUT2D eigenvalue weighted by Crippen LogP contribution is 2.26. The van der Waals surface area contributed by atoms with Crippen molar-refractivity contribution in [3.8, 4) is 11.3 Å². The van der Waals surface area contributed by atoms with E-state index in [2.05, 4.69) is 27.8 Å². The van der Waals surface area contributed by atoms with Crippen LogP contribution in [0.3, 0.4) is 0 Å². The zero-order chi connectivity index (χ0) is 19.9. The molecule has 1 aromatic carbocycles. The number of carbonyl (C=O) groups is 2. The van der Waals surface area contributed by atoms with Gasteiger partial charge in [-0.2, -0.15) is 0 Å². The van der Waals surface area contributed by atoms with Crippen molar-refractivity contribution in [2.24, 2.45) is 5.73 Å². The topological polar surface area (TPSA) is 110 Å². The van der Waals surface area contributed by atoms with Crippen LogP contribution in [0.15, 0.2) is 46.4 Å². The zero-order valence-electron chi connectivity index (χ0n) is 15.9. The van der Waals surface area contributed by atoms with Gasteiger partial charge in [0.1, 0.15) is 12.0 Å². The normalized spacial score (nSPS) is 10.3. The number of benzene rings is 1. The summed E-state index contributed by atoms with van der Waals surface area (Å²) in [7, 11) is 0. The van der Waals surface area contributed by atoms with Crippen molar-refractivity contribution in [1.29, 1.82) is 0 Å². The van der Waals surface area contributed by atoms with Crippen molar-refractivity contribution in [2.45, 2.75) is 26.3 Å². The fourth-order valence-corrected chi connectivity index (χ4v) is 3.35.